The molecule has 0 radical (unpaired) electrons. The zero-order valence-corrected chi connectivity index (χ0v) is 32.2. The lowest BCUT2D eigenvalue weighted by molar-refractivity contribution is -0.149. The maximum atomic E-state index is 13.7. The van der Waals surface area contributed by atoms with E-state index >= 15 is 0 Å². The number of hydrogen-bond acceptors (Lipinski definition) is 14. The molecule has 296 valence electrons. The minimum Gasteiger partial charge on any atom is -0.460 e. The van der Waals surface area contributed by atoms with Crippen LogP contribution in [0.3, 0.4) is 0 Å². The van der Waals surface area contributed by atoms with Gasteiger partial charge in [0.15, 0.2) is 23.1 Å². The maximum Gasteiger partial charge on any atom is 0.342 e. The number of fused-ring (bicyclic) bond motifs is 7. The number of furan rings is 2. The summed E-state index contributed by atoms with van der Waals surface area (Å²) < 4.78 is 33.2. The predicted molar refractivity (Wildman–Crippen MR) is 193 cm³/mol. The Morgan fingerprint density at radius 2 is 1.56 bits per heavy atom. The summed E-state index contributed by atoms with van der Waals surface area (Å²) in [7, 11) is 2.88. The maximum absolute atomic E-state index is 13.7. The second-order valence-electron chi connectivity index (χ2n) is 16.6. The highest BCUT2D eigenvalue weighted by atomic mass is 16.6. The van der Waals surface area contributed by atoms with E-state index in [1.54, 1.807) is 19.1 Å². The Hall–Kier alpha value is -5.31. The molecule has 0 amide bonds. The van der Waals surface area contributed by atoms with Crippen LogP contribution in [-0.4, -0.2) is 91.2 Å². The van der Waals surface area contributed by atoms with Gasteiger partial charge in [-0.1, -0.05) is 19.1 Å². The van der Waals surface area contributed by atoms with Gasteiger partial charge >= 0.3 is 11.9 Å². The SMILES string of the molecule is COC1C(=O)c2coc3c2C(C)(c2ccc4c(c2C3=O)CCC4=O)[C@@H]1O.COC[C@H]1OC(=O)c2coc3c2C1(C)C1=C(C3=O)[C@@H]2CCC(=O)C2(C)C[C@H]1OC(C)=O. The number of aliphatic hydroxyl groups is 1. The van der Waals surface area contributed by atoms with E-state index in [1.165, 1.54) is 33.7 Å². The smallest absolute Gasteiger partial charge is 0.342 e. The van der Waals surface area contributed by atoms with E-state index in [0.29, 0.717) is 70.2 Å². The van der Waals surface area contributed by atoms with Crippen molar-refractivity contribution in [3.63, 3.8) is 0 Å². The molecule has 0 bridgehead atoms. The van der Waals surface area contributed by atoms with Crippen LogP contribution in [-0.2, 0) is 45.8 Å². The number of benzene rings is 1. The van der Waals surface area contributed by atoms with Crippen molar-refractivity contribution in [1.29, 1.82) is 0 Å². The van der Waals surface area contributed by atoms with Crippen molar-refractivity contribution in [3.05, 3.63) is 91.8 Å². The van der Waals surface area contributed by atoms with Gasteiger partial charge in [0.25, 0.3) is 0 Å². The number of esters is 2. The van der Waals surface area contributed by atoms with Crippen molar-refractivity contribution < 1.29 is 66.5 Å². The molecule has 3 heterocycles. The molecule has 0 spiro atoms. The van der Waals surface area contributed by atoms with E-state index < -0.39 is 58.4 Å². The van der Waals surface area contributed by atoms with Crippen LogP contribution in [0.1, 0.15) is 133 Å². The normalized spacial score (nSPS) is 32.7. The molecule has 2 aromatic heterocycles. The molecule has 1 fully saturated rings. The third kappa shape index (κ3) is 4.60. The highest BCUT2D eigenvalue weighted by Gasteiger charge is 2.65. The van der Waals surface area contributed by atoms with Gasteiger partial charge in [0.1, 0.15) is 48.3 Å². The second-order valence-corrected chi connectivity index (χ2v) is 16.6. The Kier molecular flexibility index (Phi) is 8.07. The van der Waals surface area contributed by atoms with Crippen molar-refractivity contribution in [2.45, 2.75) is 95.0 Å². The van der Waals surface area contributed by atoms with E-state index in [4.69, 9.17) is 27.8 Å². The van der Waals surface area contributed by atoms with Crippen molar-refractivity contribution >= 4 is 40.9 Å². The zero-order chi connectivity index (χ0) is 40.7. The Labute approximate surface area is 325 Å². The topological polar surface area (TPSA) is 203 Å². The van der Waals surface area contributed by atoms with Crippen LogP contribution >= 0.6 is 0 Å². The summed E-state index contributed by atoms with van der Waals surface area (Å²) >= 11 is 0. The first-order valence-corrected chi connectivity index (χ1v) is 19.0. The molecule has 8 atom stereocenters. The van der Waals surface area contributed by atoms with Gasteiger partial charge in [0.2, 0.25) is 11.6 Å². The van der Waals surface area contributed by atoms with Gasteiger partial charge in [0.05, 0.1) is 23.0 Å². The van der Waals surface area contributed by atoms with Gasteiger partial charge in [0, 0.05) is 79.6 Å². The van der Waals surface area contributed by atoms with Crippen molar-refractivity contribution in [1.82, 2.24) is 0 Å². The van der Waals surface area contributed by atoms with Gasteiger partial charge < -0.3 is 32.9 Å². The van der Waals surface area contributed by atoms with Crippen LogP contribution in [0.4, 0.5) is 0 Å². The van der Waals surface area contributed by atoms with Gasteiger partial charge in [-0.25, -0.2) is 4.79 Å². The number of cyclic esters (lactones) is 1. The van der Waals surface area contributed by atoms with Gasteiger partial charge in [-0.05, 0) is 43.4 Å². The summed E-state index contributed by atoms with van der Waals surface area (Å²) in [5.41, 5.74) is 1.90. The molecule has 0 saturated heterocycles. The third-order valence-electron chi connectivity index (χ3n) is 13.9. The van der Waals surface area contributed by atoms with Crippen molar-refractivity contribution in [2.75, 3.05) is 20.8 Å². The fourth-order valence-corrected chi connectivity index (χ4v) is 11.1. The second kappa shape index (κ2) is 12.3. The number of carbonyl (C=O) groups is 7. The average Bonchev–Trinajstić information content (AvgIpc) is 3.97. The summed E-state index contributed by atoms with van der Waals surface area (Å²) in [4.78, 5) is 89.1. The molecular weight excluding hydrogens is 740 g/mol. The van der Waals surface area contributed by atoms with E-state index in [2.05, 4.69) is 0 Å². The molecule has 1 saturated carbocycles. The molecule has 57 heavy (non-hydrogen) atoms. The number of ether oxygens (including phenoxy) is 4. The molecule has 14 heteroatoms. The minimum absolute atomic E-state index is 0.0147. The average molecular weight is 781 g/mol. The molecule has 6 aliphatic carbocycles. The van der Waals surface area contributed by atoms with E-state index in [9.17, 15) is 38.7 Å². The fourth-order valence-electron chi connectivity index (χ4n) is 11.1. The highest BCUT2D eigenvalue weighted by molar-refractivity contribution is 6.18. The Bertz CT molecular complexity index is 2440. The van der Waals surface area contributed by atoms with E-state index in [1.807, 2.05) is 13.8 Å². The molecule has 14 nitrogen and oxygen atoms in total. The Morgan fingerprint density at radius 1 is 0.877 bits per heavy atom. The Balaban J connectivity index is 0.000000150. The van der Waals surface area contributed by atoms with Crippen LogP contribution < -0.4 is 0 Å². The quantitative estimate of drug-likeness (QED) is 0.366. The first-order chi connectivity index (χ1) is 27.0. The number of aliphatic hydroxyl groups excluding tert-OH is 1. The predicted octanol–water partition coefficient (Wildman–Crippen LogP) is 4.37. The van der Waals surface area contributed by atoms with Crippen LogP contribution in [0.2, 0.25) is 0 Å². The van der Waals surface area contributed by atoms with Crippen molar-refractivity contribution in [3.8, 4) is 0 Å². The largest absolute Gasteiger partial charge is 0.460 e. The monoisotopic (exact) mass is 780 g/mol. The van der Waals surface area contributed by atoms with Gasteiger partial charge in [-0.2, -0.15) is 0 Å². The standard InChI is InChI=1S/C23H24O8.C20H16O6/c1-10(24)30-13-7-22(2)12(5-6-14(22)25)16-18(13)23(3)15(9-28-4)31-21(27)11-8-29-20(17(11)23)19(16)26;1-20-11-5-3-8-9(4-6-12(8)21)13(11)16(23)17-14(20)10(7-26-17)15(22)18(25-2)19(20)24/h8,12-13,15H,5-7,9H2,1-4H3;3,5,7,18-19,24H,4,6H2,1-2H3/t12-,13+,15+,22?,23?;18?,19-,20?/m01/s1. The molecule has 7 aliphatic rings. The first-order valence-electron chi connectivity index (χ1n) is 19.0. The Morgan fingerprint density at radius 3 is 2.25 bits per heavy atom. The summed E-state index contributed by atoms with van der Waals surface area (Å²) in [6.07, 6.45) is 0.819. The number of allylic oxidation sites excluding steroid dienone is 1. The summed E-state index contributed by atoms with van der Waals surface area (Å²) in [5, 5.41) is 11.0. The van der Waals surface area contributed by atoms with Crippen LogP contribution in [0.25, 0.3) is 0 Å². The van der Waals surface area contributed by atoms with Crippen LogP contribution in [0.5, 0.6) is 0 Å². The lowest BCUT2D eigenvalue weighted by Crippen LogP contribution is -2.57. The first kappa shape index (κ1) is 37.3. The number of ketones is 5. The number of carbonyl (C=O) groups excluding carboxylic acids is 7. The lowest BCUT2D eigenvalue weighted by Gasteiger charge is -2.51. The fraction of sp³-hybridized carbons (Fsp3) is 0.465. The van der Waals surface area contributed by atoms with Crippen LogP contribution in [0.15, 0.2) is 44.6 Å². The highest BCUT2D eigenvalue weighted by Crippen LogP contribution is 2.61. The molecule has 1 aliphatic heterocycles. The van der Waals surface area contributed by atoms with Crippen LogP contribution in [0, 0.1) is 11.3 Å². The van der Waals surface area contributed by atoms with Crippen molar-refractivity contribution in [2.24, 2.45) is 11.3 Å². The lowest BCUT2D eigenvalue weighted by atomic mass is 9.54. The summed E-state index contributed by atoms with van der Waals surface area (Å²) in [5.74, 6) is -2.22. The number of methoxy groups -OCH3 is 2. The molecule has 1 N–H and O–H groups in total. The molecule has 4 unspecified atom stereocenters. The minimum atomic E-state index is -1.18. The molecule has 1 aromatic carbocycles. The van der Waals surface area contributed by atoms with Gasteiger partial charge in [-0.3, -0.25) is 28.8 Å². The number of hydrogen-bond donors (Lipinski definition) is 1. The zero-order valence-electron chi connectivity index (χ0n) is 32.2. The third-order valence-corrected chi connectivity index (χ3v) is 13.9. The molecule has 10 rings (SSSR count). The summed E-state index contributed by atoms with van der Waals surface area (Å²) in [6.45, 7) is 6.91. The number of Topliss-reactive ketones (excluding diaryl/α,β-unsaturated/α-hetero) is 4. The van der Waals surface area contributed by atoms with Gasteiger partial charge in [-0.15, -0.1) is 0 Å². The molecular formula is C43H40O14. The number of rotatable bonds is 4. The summed E-state index contributed by atoms with van der Waals surface area (Å²) in [6, 6.07) is 3.44. The van der Waals surface area contributed by atoms with E-state index in [-0.39, 0.29) is 64.7 Å². The molecule has 3 aromatic rings. The van der Waals surface area contributed by atoms with E-state index in [0.717, 1.165) is 0 Å².